The number of esters is 1. The second-order valence-electron chi connectivity index (χ2n) is 6.98. The fraction of sp³-hybridized carbons (Fsp3) is 0.875. The molecule has 122 valence electrons. The highest BCUT2D eigenvalue weighted by Crippen LogP contribution is 2.41. The molecule has 1 rings (SSSR count). The predicted molar refractivity (Wildman–Crippen MR) is 80.5 cm³/mol. The van der Waals surface area contributed by atoms with Gasteiger partial charge >= 0.3 is 5.97 Å². The molecule has 2 atom stereocenters. The number of amides is 1. The predicted octanol–water partition coefficient (Wildman–Crippen LogP) is 1.88. The molecular formula is C16H29NO4. The fourth-order valence-electron chi connectivity index (χ4n) is 3.21. The molecular weight excluding hydrogens is 270 g/mol. The summed E-state index contributed by atoms with van der Waals surface area (Å²) in [6.45, 7) is 8.66. The van der Waals surface area contributed by atoms with Crippen molar-refractivity contribution in [2.24, 2.45) is 17.3 Å². The van der Waals surface area contributed by atoms with Crippen molar-refractivity contribution < 1.29 is 19.4 Å². The molecule has 0 radical (unpaired) electrons. The van der Waals surface area contributed by atoms with Crippen LogP contribution in [-0.2, 0) is 14.3 Å². The van der Waals surface area contributed by atoms with E-state index in [2.05, 4.69) is 26.1 Å². The van der Waals surface area contributed by atoms with Gasteiger partial charge in [-0.3, -0.25) is 4.79 Å². The lowest BCUT2D eigenvalue weighted by Crippen LogP contribution is -2.50. The summed E-state index contributed by atoms with van der Waals surface area (Å²) in [6, 6.07) is -0.960. The van der Waals surface area contributed by atoms with Crippen LogP contribution in [0.3, 0.4) is 0 Å². The lowest BCUT2D eigenvalue weighted by Gasteiger charge is -2.39. The number of ether oxygens (including phenoxy) is 1. The van der Waals surface area contributed by atoms with E-state index in [1.807, 2.05) is 0 Å². The molecule has 5 heteroatoms. The summed E-state index contributed by atoms with van der Waals surface area (Å²) < 4.78 is 4.92. The van der Waals surface area contributed by atoms with Gasteiger partial charge in [-0.1, -0.05) is 20.8 Å². The number of carbonyl (C=O) groups is 2. The summed E-state index contributed by atoms with van der Waals surface area (Å²) in [5.74, 6) is 0.113. The maximum absolute atomic E-state index is 11.8. The van der Waals surface area contributed by atoms with Crippen LogP contribution in [0.25, 0.3) is 0 Å². The lowest BCUT2D eigenvalue weighted by molar-refractivity contribution is -0.151. The van der Waals surface area contributed by atoms with Crippen LogP contribution in [0.15, 0.2) is 0 Å². The van der Waals surface area contributed by atoms with Crippen molar-refractivity contribution in [3.8, 4) is 0 Å². The van der Waals surface area contributed by atoms with E-state index in [1.165, 1.54) is 0 Å². The summed E-state index contributed by atoms with van der Waals surface area (Å²) in [4.78, 5) is 22.5. The van der Waals surface area contributed by atoms with Crippen molar-refractivity contribution in [1.82, 2.24) is 5.32 Å². The fourth-order valence-corrected chi connectivity index (χ4v) is 3.21. The molecule has 2 N–H and O–H groups in total. The molecule has 0 aromatic heterocycles. The normalized spacial score (nSPS) is 25.8. The molecule has 0 spiro atoms. The van der Waals surface area contributed by atoms with Gasteiger partial charge < -0.3 is 15.2 Å². The first-order valence-electron chi connectivity index (χ1n) is 7.85. The Morgan fingerprint density at radius 2 is 1.90 bits per heavy atom. The first-order valence-corrected chi connectivity index (χ1v) is 7.85. The smallest absolute Gasteiger partial charge is 0.331 e. The molecule has 0 aliphatic heterocycles. The van der Waals surface area contributed by atoms with Crippen molar-refractivity contribution >= 4 is 12.4 Å². The van der Waals surface area contributed by atoms with E-state index in [4.69, 9.17) is 4.74 Å². The second kappa shape index (κ2) is 7.78. The molecule has 1 aliphatic carbocycles. The first-order chi connectivity index (χ1) is 9.81. The van der Waals surface area contributed by atoms with E-state index in [9.17, 15) is 14.7 Å². The van der Waals surface area contributed by atoms with E-state index >= 15 is 0 Å². The van der Waals surface area contributed by atoms with Crippen LogP contribution in [0.5, 0.6) is 0 Å². The zero-order valence-electron chi connectivity index (χ0n) is 13.6. The Kier molecular flexibility index (Phi) is 6.65. The third-order valence-corrected chi connectivity index (χ3v) is 4.61. The van der Waals surface area contributed by atoms with E-state index < -0.39 is 18.1 Å². The average molecular weight is 299 g/mol. The topological polar surface area (TPSA) is 75.6 Å². The van der Waals surface area contributed by atoms with Crippen molar-refractivity contribution in [2.45, 2.75) is 65.5 Å². The van der Waals surface area contributed by atoms with Gasteiger partial charge in [0.15, 0.2) is 6.04 Å². The van der Waals surface area contributed by atoms with Crippen LogP contribution >= 0.6 is 0 Å². The Balaban J connectivity index is 2.63. The van der Waals surface area contributed by atoms with Gasteiger partial charge in [0.1, 0.15) is 0 Å². The molecule has 0 heterocycles. The lowest BCUT2D eigenvalue weighted by atomic mass is 9.68. The molecule has 21 heavy (non-hydrogen) atoms. The molecule has 0 saturated heterocycles. The quantitative estimate of drug-likeness (QED) is 0.580. The second-order valence-corrected chi connectivity index (χ2v) is 6.98. The van der Waals surface area contributed by atoms with Crippen molar-refractivity contribution in [3.05, 3.63) is 0 Å². The molecule has 0 aromatic carbocycles. The molecule has 1 fully saturated rings. The average Bonchev–Trinajstić information content (AvgIpc) is 2.43. The number of aliphatic hydroxyl groups is 1. The van der Waals surface area contributed by atoms with Gasteiger partial charge in [-0.15, -0.1) is 0 Å². The highest BCUT2D eigenvalue weighted by Gasteiger charge is 2.37. The van der Waals surface area contributed by atoms with E-state index in [0.29, 0.717) is 12.3 Å². The van der Waals surface area contributed by atoms with Crippen LogP contribution in [-0.4, -0.2) is 36.2 Å². The molecule has 5 nitrogen and oxygen atoms in total. The summed E-state index contributed by atoms with van der Waals surface area (Å²) >= 11 is 0. The molecule has 0 aromatic rings. The number of carbonyl (C=O) groups excluding carboxylic acids is 2. The summed E-state index contributed by atoms with van der Waals surface area (Å²) in [5, 5.41) is 12.8. The molecule has 2 unspecified atom stereocenters. The Bertz CT molecular complexity index is 343. The maximum atomic E-state index is 11.8. The minimum atomic E-state index is -0.960. The highest BCUT2D eigenvalue weighted by atomic mass is 16.5. The van der Waals surface area contributed by atoms with E-state index in [1.54, 1.807) is 6.92 Å². The Morgan fingerprint density at radius 3 is 2.33 bits per heavy atom. The molecule has 1 amide bonds. The first kappa shape index (κ1) is 18.0. The number of hydrogen-bond donors (Lipinski definition) is 2. The molecule has 0 bridgehead atoms. The van der Waals surface area contributed by atoms with Gasteiger partial charge in [0.25, 0.3) is 0 Å². The third kappa shape index (κ3) is 4.99. The monoisotopic (exact) mass is 299 g/mol. The summed E-state index contributed by atoms with van der Waals surface area (Å²) in [5.41, 5.74) is 0.275. The van der Waals surface area contributed by atoms with E-state index in [0.717, 1.165) is 25.7 Å². The van der Waals surface area contributed by atoms with Crippen molar-refractivity contribution in [2.75, 3.05) is 6.61 Å². The van der Waals surface area contributed by atoms with Gasteiger partial charge in [0, 0.05) is 0 Å². The van der Waals surface area contributed by atoms with Gasteiger partial charge in [-0.2, -0.15) is 0 Å². The van der Waals surface area contributed by atoms with Gasteiger partial charge in [0.05, 0.1) is 12.7 Å². The van der Waals surface area contributed by atoms with Crippen molar-refractivity contribution in [1.29, 1.82) is 0 Å². The largest absolute Gasteiger partial charge is 0.464 e. The Morgan fingerprint density at radius 1 is 1.33 bits per heavy atom. The number of rotatable bonds is 6. The number of hydrogen-bond acceptors (Lipinski definition) is 4. The number of aliphatic hydroxyl groups excluding tert-OH is 1. The minimum absolute atomic E-state index is 0.0328. The summed E-state index contributed by atoms with van der Waals surface area (Å²) in [6.07, 6.45) is 3.41. The van der Waals surface area contributed by atoms with Gasteiger partial charge in [-0.25, -0.2) is 4.79 Å². The summed E-state index contributed by atoms with van der Waals surface area (Å²) in [7, 11) is 0. The Labute approximate surface area is 127 Å². The standard InChI is InChI=1S/C16H29NO4/c1-5-21-15(20)13(17-10-18)14(19)11-6-8-12(9-7-11)16(2,3)4/h10-14,19H,5-9H2,1-4H3,(H,17,18). The van der Waals surface area contributed by atoms with Crippen LogP contribution in [0, 0.1) is 17.3 Å². The zero-order valence-corrected chi connectivity index (χ0v) is 13.6. The van der Waals surface area contributed by atoms with E-state index in [-0.39, 0.29) is 17.9 Å². The van der Waals surface area contributed by atoms with Gasteiger partial charge in [0.2, 0.25) is 6.41 Å². The third-order valence-electron chi connectivity index (χ3n) is 4.61. The van der Waals surface area contributed by atoms with Crippen LogP contribution < -0.4 is 5.32 Å². The Hall–Kier alpha value is -1.10. The maximum Gasteiger partial charge on any atom is 0.331 e. The molecule has 1 saturated carbocycles. The van der Waals surface area contributed by atoms with Gasteiger partial charge in [-0.05, 0) is 49.9 Å². The zero-order chi connectivity index (χ0) is 16.0. The SMILES string of the molecule is CCOC(=O)C(NC=O)C(O)C1CCC(C(C)(C)C)CC1. The number of nitrogens with one attached hydrogen (secondary N) is 1. The highest BCUT2D eigenvalue weighted by molar-refractivity contribution is 5.79. The van der Waals surface area contributed by atoms with Crippen LogP contribution in [0.2, 0.25) is 0 Å². The van der Waals surface area contributed by atoms with Crippen molar-refractivity contribution in [3.63, 3.8) is 0 Å². The van der Waals surface area contributed by atoms with Crippen LogP contribution in [0.4, 0.5) is 0 Å². The van der Waals surface area contributed by atoms with Crippen LogP contribution in [0.1, 0.15) is 53.4 Å². The molecule has 1 aliphatic rings. The minimum Gasteiger partial charge on any atom is -0.464 e.